The Hall–Kier alpha value is -1.67. The van der Waals surface area contributed by atoms with Crippen molar-refractivity contribution >= 4 is 49.1 Å². The number of hydrogen-bond acceptors (Lipinski definition) is 5. The number of rotatable bonds is 9. The van der Waals surface area contributed by atoms with Crippen LogP contribution < -0.4 is 9.47 Å². The monoisotopic (exact) mass is 460 g/mol. The van der Waals surface area contributed by atoms with Gasteiger partial charge < -0.3 is 14.6 Å². The van der Waals surface area contributed by atoms with Crippen LogP contribution in [0.4, 0.5) is 4.39 Å². The highest BCUT2D eigenvalue weighted by Crippen LogP contribution is 2.41. The molecule has 0 aliphatic heterocycles. The Labute approximate surface area is 169 Å². The molecule has 27 heavy (non-hydrogen) atoms. The average Bonchev–Trinajstić information content (AvgIpc) is 3.05. The second kappa shape index (κ2) is 8.56. The Kier molecular flexibility index (Phi) is 6.86. The quantitative estimate of drug-likeness (QED) is 0.414. The van der Waals surface area contributed by atoms with Crippen LogP contribution in [0.1, 0.15) is 36.9 Å². The van der Waals surface area contributed by atoms with Crippen molar-refractivity contribution in [2.75, 3.05) is 19.0 Å². The molecule has 0 spiro atoms. The molecule has 0 saturated carbocycles. The third-order valence-corrected chi connectivity index (χ3v) is 6.70. The van der Waals surface area contributed by atoms with Crippen LogP contribution in [-0.2, 0) is 4.79 Å². The van der Waals surface area contributed by atoms with Crippen molar-refractivity contribution in [3.05, 3.63) is 22.8 Å². The fourth-order valence-electron chi connectivity index (χ4n) is 2.29. The fourth-order valence-corrected chi connectivity index (χ4v) is 3.49. The summed E-state index contributed by atoms with van der Waals surface area (Å²) in [6.07, 6.45) is -0.135. The lowest BCUT2D eigenvalue weighted by Crippen LogP contribution is -2.23. The van der Waals surface area contributed by atoms with Gasteiger partial charge in [-0.25, -0.2) is 4.39 Å². The first-order valence-corrected chi connectivity index (χ1v) is 10.3. The number of carbonyl (C=O) groups excluding carboxylic acids is 1. The Morgan fingerprint density at radius 3 is 2.59 bits per heavy atom. The van der Waals surface area contributed by atoms with E-state index in [0.717, 1.165) is 11.3 Å². The van der Waals surface area contributed by atoms with E-state index in [1.54, 1.807) is 6.07 Å². The molecule has 0 saturated heterocycles. The minimum atomic E-state index is -1.04. The molecule has 1 N–H and O–H groups in total. The van der Waals surface area contributed by atoms with E-state index in [1.807, 2.05) is 13.8 Å². The van der Waals surface area contributed by atoms with Gasteiger partial charge in [-0.1, -0.05) is 36.7 Å². The lowest BCUT2D eigenvalue weighted by molar-refractivity contribution is -0.141. The van der Waals surface area contributed by atoms with Crippen molar-refractivity contribution in [2.45, 2.75) is 27.2 Å². The summed E-state index contributed by atoms with van der Waals surface area (Å²) in [7, 11) is 1.43. The first kappa shape index (κ1) is 21.6. The molecule has 5 nitrogen and oxygen atoms in total. The van der Waals surface area contributed by atoms with E-state index < -0.39 is 17.7 Å². The van der Waals surface area contributed by atoms with Crippen LogP contribution in [-0.4, -0.2) is 35.9 Å². The number of halogens is 2. The van der Waals surface area contributed by atoms with Crippen molar-refractivity contribution in [3.63, 3.8) is 0 Å². The molecule has 148 valence electrons. The summed E-state index contributed by atoms with van der Waals surface area (Å²) in [5.74, 6) is -2.49. The Morgan fingerprint density at radius 2 is 2.04 bits per heavy atom. The summed E-state index contributed by atoms with van der Waals surface area (Å²) in [6, 6.07) is 3.09. The maximum atomic E-state index is 15.0. The highest BCUT2D eigenvalue weighted by Gasteiger charge is 2.24. The molecule has 1 unspecified atom stereocenters. The molecule has 0 aliphatic carbocycles. The summed E-state index contributed by atoms with van der Waals surface area (Å²) in [4.78, 5) is 23.6. The van der Waals surface area contributed by atoms with Crippen molar-refractivity contribution < 1.29 is 28.6 Å². The number of ether oxygens (including phenoxy) is 2. The van der Waals surface area contributed by atoms with Crippen LogP contribution in [0.5, 0.6) is 11.5 Å². The van der Waals surface area contributed by atoms with E-state index in [-0.39, 0.29) is 41.1 Å². The van der Waals surface area contributed by atoms with Crippen LogP contribution in [0.15, 0.2) is 12.1 Å². The summed E-state index contributed by atoms with van der Waals surface area (Å²) >= 11 is 4.52. The van der Waals surface area contributed by atoms with Gasteiger partial charge in [-0.2, -0.15) is 0 Å². The molecule has 1 aromatic carbocycles. The number of carboxylic acid groups (broad SMARTS) is 1. The molecule has 1 heterocycles. The topological polar surface area (TPSA) is 72.8 Å². The van der Waals surface area contributed by atoms with E-state index in [2.05, 4.69) is 15.9 Å². The number of carboxylic acids is 1. The van der Waals surface area contributed by atoms with Gasteiger partial charge in [0.25, 0.3) is 0 Å². The van der Waals surface area contributed by atoms with Gasteiger partial charge in [-0.3, -0.25) is 9.59 Å². The molecule has 0 aliphatic rings. The average molecular weight is 461 g/mol. The van der Waals surface area contributed by atoms with Gasteiger partial charge in [-0.15, -0.1) is 11.3 Å². The standard InChI is InChI=1S/C19H22BrFO5S/c1-10(18(23)24)5-12(22)15-6-11-14(27-15)7-13(25-4)17(16(11)21)26-9-19(2,3)8-20/h6-7,10H,5,8-9H2,1-4H3,(H,23,24). The van der Waals surface area contributed by atoms with Gasteiger partial charge in [-0.05, 0) is 6.07 Å². The Bertz CT molecular complexity index is 861. The lowest BCUT2D eigenvalue weighted by Gasteiger charge is -2.22. The number of fused-ring (bicyclic) bond motifs is 1. The van der Waals surface area contributed by atoms with Crippen LogP contribution >= 0.6 is 27.3 Å². The number of thiophene rings is 1. The molecule has 1 aromatic heterocycles. The minimum absolute atomic E-state index is 0.00901. The number of aliphatic carboxylic acids is 1. The van der Waals surface area contributed by atoms with Crippen molar-refractivity contribution in [1.29, 1.82) is 0 Å². The maximum absolute atomic E-state index is 15.0. The van der Waals surface area contributed by atoms with Crippen LogP contribution in [0, 0.1) is 17.2 Å². The summed E-state index contributed by atoms with van der Waals surface area (Å²) in [6.45, 7) is 5.71. The lowest BCUT2D eigenvalue weighted by atomic mass is 9.98. The number of carbonyl (C=O) groups is 2. The van der Waals surface area contributed by atoms with Crippen LogP contribution in [0.3, 0.4) is 0 Å². The number of alkyl halides is 1. The molecule has 0 fully saturated rings. The molecule has 0 radical (unpaired) electrons. The van der Waals surface area contributed by atoms with E-state index in [4.69, 9.17) is 14.6 Å². The third-order valence-electron chi connectivity index (χ3n) is 4.06. The molecule has 2 rings (SSSR count). The second-order valence-corrected chi connectivity index (χ2v) is 8.84. The van der Waals surface area contributed by atoms with Crippen molar-refractivity contribution in [1.82, 2.24) is 0 Å². The number of Topliss-reactive ketones (excluding diaryl/α,β-unsaturated/α-hetero) is 1. The summed E-state index contributed by atoms with van der Waals surface area (Å²) in [5, 5.41) is 9.91. The SMILES string of the molecule is COc1cc2sc(C(=O)CC(C)C(=O)O)cc2c(F)c1OCC(C)(C)CBr. The number of ketones is 1. The first-order valence-electron chi connectivity index (χ1n) is 8.34. The summed E-state index contributed by atoms with van der Waals surface area (Å²) in [5.41, 5.74) is -0.199. The van der Waals surface area contributed by atoms with E-state index >= 15 is 4.39 Å². The van der Waals surface area contributed by atoms with E-state index in [0.29, 0.717) is 14.9 Å². The summed E-state index contributed by atoms with van der Waals surface area (Å²) < 4.78 is 26.6. The normalized spacial score (nSPS) is 12.8. The fraction of sp³-hybridized carbons (Fsp3) is 0.474. The van der Waals surface area contributed by atoms with Gasteiger partial charge in [0.05, 0.1) is 24.5 Å². The zero-order valence-electron chi connectivity index (χ0n) is 15.6. The van der Waals surface area contributed by atoms with Crippen molar-refractivity contribution in [2.24, 2.45) is 11.3 Å². The minimum Gasteiger partial charge on any atom is -0.493 e. The Morgan fingerprint density at radius 1 is 1.37 bits per heavy atom. The molecule has 8 heteroatoms. The van der Waals surface area contributed by atoms with Gasteiger partial charge in [0.15, 0.2) is 23.1 Å². The smallest absolute Gasteiger partial charge is 0.306 e. The van der Waals surface area contributed by atoms with Crippen molar-refractivity contribution in [3.8, 4) is 11.5 Å². The molecule has 1 atom stereocenters. The number of benzene rings is 1. The third kappa shape index (κ3) is 4.99. The number of methoxy groups -OCH3 is 1. The molecule has 0 bridgehead atoms. The molecular formula is C19H22BrFO5S. The maximum Gasteiger partial charge on any atom is 0.306 e. The van der Waals surface area contributed by atoms with E-state index in [1.165, 1.54) is 20.1 Å². The second-order valence-electron chi connectivity index (χ2n) is 7.20. The zero-order chi connectivity index (χ0) is 20.4. The van der Waals surface area contributed by atoms with Crippen LogP contribution in [0.25, 0.3) is 10.1 Å². The molecular weight excluding hydrogens is 439 g/mol. The molecule has 2 aromatic rings. The van der Waals surface area contributed by atoms with Gasteiger partial charge in [0.2, 0.25) is 0 Å². The largest absolute Gasteiger partial charge is 0.493 e. The Balaban J connectivity index is 2.39. The predicted molar refractivity (Wildman–Crippen MR) is 107 cm³/mol. The zero-order valence-corrected chi connectivity index (χ0v) is 18.0. The predicted octanol–water partition coefficient (Wildman–Crippen LogP) is 5.14. The van der Waals surface area contributed by atoms with Gasteiger partial charge in [0, 0.05) is 33.3 Å². The van der Waals surface area contributed by atoms with Gasteiger partial charge >= 0.3 is 5.97 Å². The van der Waals surface area contributed by atoms with Crippen LogP contribution in [0.2, 0.25) is 0 Å². The highest BCUT2D eigenvalue weighted by atomic mass is 79.9. The van der Waals surface area contributed by atoms with Gasteiger partial charge in [0.1, 0.15) is 0 Å². The van der Waals surface area contributed by atoms with E-state index in [9.17, 15) is 9.59 Å². The molecule has 0 amide bonds. The first-order chi connectivity index (χ1) is 12.6. The highest BCUT2D eigenvalue weighted by molar-refractivity contribution is 9.09. The number of hydrogen-bond donors (Lipinski definition) is 1.